The molecule has 0 aliphatic carbocycles. The van der Waals surface area contributed by atoms with Crippen molar-refractivity contribution in [3.05, 3.63) is 93.9 Å². The topological polar surface area (TPSA) is 72.7 Å². The second-order valence-corrected chi connectivity index (χ2v) is 8.48. The lowest BCUT2D eigenvalue weighted by atomic mass is 10.1. The molecule has 0 fully saturated rings. The van der Waals surface area contributed by atoms with Gasteiger partial charge < -0.3 is 24.5 Å². The largest absolute Gasteiger partial charge is 0.497 e. The number of carbonyl (C=O) groups is 1. The summed E-state index contributed by atoms with van der Waals surface area (Å²) in [5, 5.41) is 14.6. The zero-order valence-corrected chi connectivity index (χ0v) is 20.2. The van der Waals surface area contributed by atoms with Crippen LogP contribution in [0.4, 0.5) is 4.39 Å². The number of hydrogen-bond donors (Lipinski definition) is 2. The van der Waals surface area contributed by atoms with Gasteiger partial charge in [0.25, 0.3) is 0 Å². The van der Waals surface area contributed by atoms with Crippen LogP contribution in [-0.2, 0) is 19.5 Å². The molecule has 1 heterocycles. The lowest BCUT2D eigenvalue weighted by Crippen LogP contribution is -2.19. The van der Waals surface area contributed by atoms with Crippen LogP contribution in [0.25, 0.3) is 10.9 Å². The first kappa shape index (κ1) is 24.6. The predicted molar refractivity (Wildman–Crippen MR) is 134 cm³/mol. The molecule has 0 atom stereocenters. The zero-order valence-electron chi connectivity index (χ0n) is 19.5. The molecule has 4 aromatic rings. The Hall–Kier alpha value is -3.55. The van der Waals surface area contributed by atoms with Crippen LogP contribution in [0.2, 0.25) is 5.02 Å². The molecule has 1 aromatic heterocycles. The Labute approximate surface area is 207 Å². The van der Waals surface area contributed by atoms with E-state index in [1.54, 1.807) is 30.9 Å². The van der Waals surface area contributed by atoms with Gasteiger partial charge in [-0.1, -0.05) is 35.9 Å². The lowest BCUT2D eigenvalue weighted by Gasteiger charge is -2.12. The van der Waals surface area contributed by atoms with Gasteiger partial charge in [0.2, 0.25) is 0 Å². The minimum Gasteiger partial charge on any atom is -0.497 e. The van der Waals surface area contributed by atoms with Crippen LogP contribution in [0.1, 0.15) is 27.2 Å². The molecule has 2 N–H and O–H groups in total. The third-order valence-electron chi connectivity index (χ3n) is 5.99. The maximum absolute atomic E-state index is 13.6. The van der Waals surface area contributed by atoms with E-state index in [1.165, 1.54) is 12.1 Å². The second-order valence-electron chi connectivity index (χ2n) is 8.08. The summed E-state index contributed by atoms with van der Waals surface area (Å²) >= 11 is 6.27. The van der Waals surface area contributed by atoms with Gasteiger partial charge >= 0.3 is 5.97 Å². The second kappa shape index (κ2) is 10.8. The summed E-state index contributed by atoms with van der Waals surface area (Å²) in [5.41, 5.74) is 3.19. The third kappa shape index (κ3) is 5.26. The average Bonchev–Trinajstić information content (AvgIpc) is 3.16. The van der Waals surface area contributed by atoms with Gasteiger partial charge in [-0.2, -0.15) is 0 Å². The van der Waals surface area contributed by atoms with Gasteiger partial charge in [0.15, 0.2) is 0 Å². The van der Waals surface area contributed by atoms with Crippen molar-refractivity contribution in [2.75, 3.05) is 20.8 Å². The highest BCUT2D eigenvalue weighted by atomic mass is 35.5. The van der Waals surface area contributed by atoms with E-state index in [1.807, 2.05) is 36.4 Å². The number of halogens is 2. The highest BCUT2D eigenvalue weighted by Gasteiger charge is 2.23. The number of aromatic carboxylic acids is 1. The number of carboxylic acids is 1. The van der Waals surface area contributed by atoms with Gasteiger partial charge in [-0.25, -0.2) is 9.18 Å². The summed E-state index contributed by atoms with van der Waals surface area (Å²) in [6.07, 6.45) is 0.726. The number of hydrogen-bond acceptors (Lipinski definition) is 4. The molecule has 0 spiro atoms. The van der Waals surface area contributed by atoms with E-state index in [-0.39, 0.29) is 17.3 Å². The number of benzene rings is 3. The summed E-state index contributed by atoms with van der Waals surface area (Å²) < 4.78 is 26.1. The highest BCUT2D eigenvalue weighted by Crippen LogP contribution is 2.32. The minimum absolute atomic E-state index is 0.151. The van der Waals surface area contributed by atoms with Crippen molar-refractivity contribution in [1.82, 2.24) is 9.88 Å². The molecule has 6 nitrogen and oxygen atoms in total. The predicted octanol–water partition coefficient (Wildman–Crippen LogP) is 5.53. The first-order valence-electron chi connectivity index (χ1n) is 11.1. The fraction of sp³-hybridized carbons (Fsp3) is 0.222. The highest BCUT2D eigenvalue weighted by molar-refractivity contribution is 6.31. The van der Waals surface area contributed by atoms with E-state index in [4.69, 9.17) is 21.1 Å². The summed E-state index contributed by atoms with van der Waals surface area (Å²) in [7, 11) is 3.20. The molecular formula is C27H26ClFN2O4. The summed E-state index contributed by atoms with van der Waals surface area (Å²) in [5.74, 6) is -0.0782. The van der Waals surface area contributed by atoms with Crippen LogP contribution in [0.15, 0.2) is 60.7 Å². The minimum atomic E-state index is -1.06. The normalized spacial score (nSPS) is 11.1. The molecule has 0 aliphatic heterocycles. The van der Waals surface area contributed by atoms with E-state index >= 15 is 0 Å². The van der Waals surface area contributed by atoms with Crippen LogP contribution in [0.3, 0.4) is 0 Å². The van der Waals surface area contributed by atoms with Crippen molar-refractivity contribution in [3.63, 3.8) is 0 Å². The Kier molecular flexibility index (Phi) is 7.58. The van der Waals surface area contributed by atoms with Gasteiger partial charge in [-0.3, -0.25) is 0 Å². The monoisotopic (exact) mass is 496 g/mol. The van der Waals surface area contributed by atoms with Crippen molar-refractivity contribution in [1.29, 1.82) is 0 Å². The van der Waals surface area contributed by atoms with Gasteiger partial charge in [0.05, 0.1) is 19.7 Å². The van der Waals surface area contributed by atoms with Gasteiger partial charge in [-0.05, 0) is 54.4 Å². The number of rotatable bonds is 10. The number of methoxy groups -OCH3 is 2. The van der Waals surface area contributed by atoms with E-state index in [2.05, 4.69) is 5.32 Å². The number of fused-ring (bicyclic) bond motifs is 1. The molecule has 3 aromatic carbocycles. The molecule has 0 bridgehead atoms. The maximum atomic E-state index is 13.6. The maximum Gasteiger partial charge on any atom is 0.352 e. The van der Waals surface area contributed by atoms with Crippen LogP contribution < -0.4 is 14.8 Å². The quantitative estimate of drug-likeness (QED) is 0.282. The molecule has 0 amide bonds. The number of nitrogens with zero attached hydrogens (tertiary/aromatic N) is 1. The molecule has 35 heavy (non-hydrogen) atoms. The van der Waals surface area contributed by atoms with Gasteiger partial charge in [0, 0.05) is 35.1 Å². The van der Waals surface area contributed by atoms with Crippen molar-refractivity contribution in [2.45, 2.75) is 19.5 Å². The van der Waals surface area contributed by atoms with Crippen molar-refractivity contribution >= 4 is 28.5 Å². The molecule has 0 radical (unpaired) electrons. The van der Waals surface area contributed by atoms with E-state index in [0.29, 0.717) is 35.5 Å². The van der Waals surface area contributed by atoms with E-state index in [0.717, 1.165) is 23.1 Å². The molecule has 8 heteroatoms. The Morgan fingerprint density at radius 3 is 2.57 bits per heavy atom. The smallest absolute Gasteiger partial charge is 0.352 e. The summed E-state index contributed by atoms with van der Waals surface area (Å²) in [4.78, 5) is 12.4. The SMILES string of the molecule is COc1ccc2c(CNCCc3ccccc3OC)c(C(=O)O)n(Cc3ccc(F)cc3Cl)c2c1. The average molecular weight is 497 g/mol. The third-order valence-corrected chi connectivity index (χ3v) is 6.34. The van der Waals surface area contributed by atoms with Crippen LogP contribution in [0, 0.1) is 5.82 Å². The number of para-hydroxylation sites is 1. The van der Waals surface area contributed by atoms with Gasteiger partial charge in [0.1, 0.15) is 23.0 Å². The molecule has 0 saturated carbocycles. The lowest BCUT2D eigenvalue weighted by molar-refractivity contribution is 0.0684. The van der Waals surface area contributed by atoms with Crippen molar-refractivity contribution < 1.29 is 23.8 Å². The summed E-state index contributed by atoms with van der Waals surface area (Å²) in [6.45, 7) is 1.15. The molecule has 182 valence electrons. The summed E-state index contributed by atoms with van der Waals surface area (Å²) in [6, 6.07) is 17.4. The standard InChI is InChI=1S/C27H26ClFN2O4/c1-34-20-9-10-21-22(15-30-12-11-17-5-3-4-6-25(17)35-2)26(27(32)33)31(24(21)14-20)16-18-7-8-19(29)13-23(18)28/h3-10,13-14,30H,11-12,15-16H2,1-2H3,(H,32,33). The molecule has 0 unspecified atom stereocenters. The first-order valence-corrected chi connectivity index (χ1v) is 11.5. The Balaban J connectivity index is 1.68. The molecule has 0 aliphatic rings. The van der Waals surface area contributed by atoms with Crippen LogP contribution >= 0.6 is 11.6 Å². The first-order chi connectivity index (χ1) is 16.9. The van der Waals surface area contributed by atoms with Crippen molar-refractivity contribution in [3.8, 4) is 11.5 Å². The zero-order chi connectivity index (χ0) is 24.9. The number of aromatic nitrogens is 1. The van der Waals surface area contributed by atoms with E-state index < -0.39 is 11.8 Å². The fourth-order valence-corrected chi connectivity index (χ4v) is 4.51. The Morgan fingerprint density at radius 1 is 1.06 bits per heavy atom. The van der Waals surface area contributed by atoms with E-state index in [9.17, 15) is 14.3 Å². The molecule has 4 rings (SSSR count). The van der Waals surface area contributed by atoms with Gasteiger partial charge in [-0.15, -0.1) is 0 Å². The molecule has 0 saturated heterocycles. The van der Waals surface area contributed by atoms with Crippen LogP contribution in [0.5, 0.6) is 11.5 Å². The fourth-order valence-electron chi connectivity index (χ4n) is 4.28. The number of carboxylic acid groups (broad SMARTS) is 1. The number of nitrogens with one attached hydrogen (secondary N) is 1. The van der Waals surface area contributed by atoms with Crippen molar-refractivity contribution in [2.24, 2.45) is 0 Å². The Morgan fingerprint density at radius 2 is 1.86 bits per heavy atom. The Bertz CT molecular complexity index is 1370. The van der Waals surface area contributed by atoms with Crippen LogP contribution in [-0.4, -0.2) is 36.4 Å². The number of ether oxygens (including phenoxy) is 2. The molecular weight excluding hydrogens is 471 g/mol.